The fourth-order valence-electron chi connectivity index (χ4n) is 1.75. The van der Waals surface area contributed by atoms with Crippen LogP contribution in [-0.2, 0) is 9.59 Å². The zero-order valence-electron chi connectivity index (χ0n) is 11.9. The Hall–Kier alpha value is -2.02. The first kappa shape index (κ1) is 17.0. The van der Waals surface area contributed by atoms with Gasteiger partial charge in [0.15, 0.2) is 0 Å². The summed E-state index contributed by atoms with van der Waals surface area (Å²) in [6.07, 6.45) is 1.76. The van der Waals surface area contributed by atoms with Crippen molar-refractivity contribution in [3.8, 4) is 0 Å². The summed E-state index contributed by atoms with van der Waals surface area (Å²) in [7, 11) is 0. The zero-order chi connectivity index (χ0) is 16.0. The summed E-state index contributed by atoms with van der Waals surface area (Å²) in [5, 5.41) is 11.5. The molecule has 7 heteroatoms. The van der Waals surface area contributed by atoms with Crippen LogP contribution in [0, 0.1) is 6.92 Å². The summed E-state index contributed by atoms with van der Waals surface area (Å²) < 4.78 is 0. The molecular formula is C14H18N2O4S. The van der Waals surface area contributed by atoms with Crippen LogP contribution in [0.5, 0.6) is 0 Å². The number of aryl methyl sites for hydroxylation is 1. The summed E-state index contributed by atoms with van der Waals surface area (Å²) in [6.45, 7) is 1.78. The van der Waals surface area contributed by atoms with Crippen LogP contribution in [0.3, 0.4) is 0 Å². The lowest BCUT2D eigenvalue weighted by Gasteiger charge is -2.15. The summed E-state index contributed by atoms with van der Waals surface area (Å²) in [6, 6.07) is 4.27. The van der Waals surface area contributed by atoms with Crippen molar-refractivity contribution < 1.29 is 19.5 Å². The molecule has 0 aliphatic rings. The van der Waals surface area contributed by atoms with Crippen molar-refractivity contribution in [2.45, 2.75) is 30.7 Å². The molecule has 4 N–H and O–H groups in total. The lowest BCUT2D eigenvalue weighted by molar-refractivity contribution is -0.139. The number of aliphatic carboxylic acids is 1. The molecule has 1 aromatic carbocycles. The van der Waals surface area contributed by atoms with E-state index in [2.05, 4.69) is 5.32 Å². The summed E-state index contributed by atoms with van der Waals surface area (Å²) in [5.41, 5.74) is 6.17. The minimum Gasteiger partial charge on any atom is -0.480 e. The van der Waals surface area contributed by atoms with Crippen molar-refractivity contribution in [2.24, 2.45) is 5.73 Å². The molecule has 0 heterocycles. The molecule has 0 aliphatic carbocycles. The second-order valence-electron chi connectivity index (χ2n) is 4.55. The van der Waals surface area contributed by atoms with Gasteiger partial charge in [-0.2, -0.15) is 0 Å². The van der Waals surface area contributed by atoms with Crippen LogP contribution in [0.1, 0.15) is 28.8 Å². The summed E-state index contributed by atoms with van der Waals surface area (Å²) in [5.74, 6) is -2.26. The summed E-state index contributed by atoms with van der Waals surface area (Å²) in [4.78, 5) is 35.0. The predicted molar refractivity (Wildman–Crippen MR) is 80.3 cm³/mol. The normalized spacial score (nSPS) is 11.7. The smallest absolute Gasteiger partial charge is 0.326 e. The van der Waals surface area contributed by atoms with Crippen molar-refractivity contribution in [2.75, 3.05) is 6.26 Å². The van der Waals surface area contributed by atoms with E-state index in [0.717, 1.165) is 10.5 Å². The van der Waals surface area contributed by atoms with Gasteiger partial charge in [-0.05, 0) is 37.3 Å². The molecule has 21 heavy (non-hydrogen) atoms. The first-order chi connectivity index (χ1) is 9.85. The highest BCUT2D eigenvalue weighted by atomic mass is 32.2. The van der Waals surface area contributed by atoms with Crippen LogP contribution < -0.4 is 11.1 Å². The van der Waals surface area contributed by atoms with E-state index in [1.165, 1.54) is 11.8 Å². The van der Waals surface area contributed by atoms with Gasteiger partial charge in [-0.15, -0.1) is 11.8 Å². The second-order valence-corrected chi connectivity index (χ2v) is 5.43. The highest BCUT2D eigenvalue weighted by Gasteiger charge is 2.22. The van der Waals surface area contributed by atoms with Gasteiger partial charge in [-0.25, -0.2) is 4.79 Å². The van der Waals surface area contributed by atoms with E-state index in [4.69, 9.17) is 10.8 Å². The maximum atomic E-state index is 12.2. The lowest BCUT2D eigenvalue weighted by atomic mass is 10.1. The van der Waals surface area contributed by atoms with Crippen molar-refractivity contribution in [1.82, 2.24) is 5.32 Å². The Bertz CT molecular complexity index is 560. The number of benzene rings is 1. The van der Waals surface area contributed by atoms with E-state index >= 15 is 0 Å². The molecule has 0 saturated heterocycles. The number of hydrogen-bond donors (Lipinski definition) is 3. The Morgan fingerprint density at radius 1 is 1.38 bits per heavy atom. The van der Waals surface area contributed by atoms with Gasteiger partial charge in [0.1, 0.15) is 6.04 Å². The highest BCUT2D eigenvalue weighted by Crippen LogP contribution is 2.19. The third kappa shape index (κ3) is 5.11. The van der Waals surface area contributed by atoms with Gasteiger partial charge in [-0.1, -0.05) is 6.07 Å². The minimum absolute atomic E-state index is 0.0301. The second kappa shape index (κ2) is 7.68. The average molecular weight is 310 g/mol. The molecule has 0 radical (unpaired) electrons. The number of nitrogens with one attached hydrogen (secondary N) is 1. The Labute approximate surface area is 127 Å². The van der Waals surface area contributed by atoms with Gasteiger partial charge in [0.25, 0.3) is 5.91 Å². The molecule has 0 saturated carbocycles. The molecule has 0 aliphatic heterocycles. The topological polar surface area (TPSA) is 109 Å². The van der Waals surface area contributed by atoms with Crippen molar-refractivity contribution in [3.05, 3.63) is 29.3 Å². The van der Waals surface area contributed by atoms with E-state index in [9.17, 15) is 14.4 Å². The molecule has 114 valence electrons. The lowest BCUT2D eigenvalue weighted by Crippen LogP contribution is -2.41. The van der Waals surface area contributed by atoms with Crippen LogP contribution in [0.4, 0.5) is 0 Å². The van der Waals surface area contributed by atoms with E-state index in [1.54, 1.807) is 19.1 Å². The molecule has 0 spiro atoms. The van der Waals surface area contributed by atoms with Crippen LogP contribution in [-0.4, -0.2) is 35.2 Å². The Morgan fingerprint density at radius 3 is 2.57 bits per heavy atom. The van der Waals surface area contributed by atoms with Gasteiger partial charge in [0, 0.05) is 16.9 Å². The van der Waals surface area contributed by atoms with E-state index in [0.29, 0.717) is 5.56 Å². The van der Waals surface area contributed by atoms with Crippen LogP contribution >= 0.6 is 11.8 Å². The fourth-order valence-corrected chi connectivity index (χ4v) is 2.19. The van der Waals surface area contributed by atoms with Gasteiger partial charge < -0.3 is 16.2 Å². The van der Waals surface area contributed by atoms with Crippen LogP contribution in [0.2, 0.25) is 0 Å². The molecule has 0 bridgehead atoms. The van der Waals surface area contributed by atoms with Crippen molar-refractivity contribution in [1.29, 1.82) is 0 Å². The molecule has 1 atom stereocenters. The van der Waals surface area contributed by atoms with Gasteiger partial charge in [0.2, 0.25) is 5.91 Å². The van der Waals surface area contributed by atoms with Crippen LogP contribution in [0.25, 0.3) is 0 Å². The molecule has 0 aromatic heterocycles. The number of carbonyl (C=O) groups excluding carboxylic acids is 2. The van der Waals surface area contributed by atoms with Gasteiger partial charge >= 0.3 is 5.97 Å². The highest BCUT2D eigenvalue weighted by molar-refractivity contribution is 7.98. The first-order valence-electron chi connectivity index (χ1n) is 6.31. The van der Waals surface area contributed by atoms with Gasteiger partial charge in [0.05, 0.1) is 0 Å². The predicted octanol–water partition coefficient (Wildman–Crippen LogP) is 1.17. The Balaban J connectivity index is 2.86. The number of primary amides is 1. The maximum Gasteiger partial charge on any atom is 0.326 e. The molecule has 1 aromatic rings. The SMILES string of the molecule is CSc1ccc(C)c(C(=O)N[C@@H](CCC(N)=O)C(=O)O)c1. The first-order valence-corrected chi connectivity index (χ1v) is 7.54. The number of thioether (sulfide) groups is 1. The summed E-state index contributed by atoms with van der Waals surface area (Å²) >= 11 is 1.49. The molecular weight excluding hydrogens is 292 g/mol. The molecule has 1 rings (SSSR count). The van der Waals surface area contributed by atoms with Crippen LogP contribution in [0.15, 0.2) is 23.1 Å². The number of carboxylic acid groups (broad SMARTS) is 1. The fraction of sp³-hybridized carbons (Fsp3) is 0.357. The third-order valence-corrected chi connectivity index (χ3v) is 3.70. The number of hydrogen-bond acceptors (Lipinski definition) is 4. The Kier molecular flexibility index (Phi) is 6.23. The quantitative estimate of drug-likeness (QED) is 0.655. The van der Waals surface area contributed by atoms with Crippen molar-refractivity contribution >= 4 is 29.5 Å². The van der Waals surface area contributed by atoms with E-state index in [1.807, 2.05) is 12.3 Å². The minimum atomic E-state index is -1.19. The number of amides is 2. The molecule has 0 unspecified atom stereocenters. The van der Waals surface area contributed by atoms with Gasteiger partial charge in [-0.3, -0.25) is 9.59 Å². The zero-order valence-corrected chi connectivity index (χ0v) is 12.7. The number of carbonyl (C=O) groups is 3. The Morgan fingerprint density at radius 2 is 2.05 bits per heavy atom. The largest absolute Gasteiger partial charge is 0.480 e. The molecule has 6 nitrogen and oxygen atoms in total. The third-order valence-electron chi connectivity index (χ3n) is 2.97. The standard InChI is InChI=1S/C14H18N2O4S/c1-8-3-4-9(21-2)7-10(8)13(18)16-11(14(19)20)5-6-12(15)17/h3-4,7,11H,5-6H2,1-2H3,(H2,15,17)(H,16,18)(H,19,20)/t11-/m0/s1. The van der Waals surface area contributed by atoms with E-state index in [-0.39, 0.29) is 12.8 Å². The molecule has 0 fully saturated rings. The van der Waals surface area contributed by atoms with Crippen molar-refractivity contribution in [3.63, 3.8) is 0 Å². The number of carboxylic acids is 1. The average Bonchev–Trinajstić information content (AvgIpc) is 2.43. The molecule has 2 amide bonds. The van der Waals surface area contributed by atoms with E-state index < -0.39 is 23.8 Å². The number of rotatable bonds is 7. The number of nitrogens with two attached hydrogens (primary N) is 1. The maximum absolute atomic E-state index is 12.2. The monoisotopic (exact) mass is 310 g/mol.